The number of piperidine rings is 1. The van der Waals surface area contributed by atoms with Crippen LogP contribution in [-0.2, 0) is 6.54 Å². The molecule has 4 nitrogen and oxygen atoms in total. The number of aromatic nitrogens is 2. The number of anilines is 1. The molecule has 1 aliphatic rings. The largest absolute Gasteiger partial charge is 0.381 e. The van der Waals surface area contributed by atoms with Crippen molar-refractivity contribution in [2.45, 2.75) is 25.4 Å². The minimum Gasteiger partial charge on any atom is -0.381 e. The number of nitrogens with one attached hydrogen (secondary N) is 2. The lowest BCUT2D eigenvalue weighted by Gasteiger charge is -2.33. The summed E-state index contributed by atoms with van der Waals surface area (Å²) in [6.07, 6.45) is 4.35. The molecule has 26 heavy (non-hydrogen) atoms. The Kier molecular flexibility index (Phi) is 4.11. The van der Waals surface area contributed by atoms with Crippen molar-refractivity contribution >= 4 is 38.0 Å². The van der Waals surface area contributed by atoms with Crippen molar-refractivity contribution in [3.05, 3.63) is 59.6 Å². The van der Waals surface area contributed by atoms with Gasteiger partial charge in [0.2, 0.25) is 0 Å². The lowest BCUT2D eigenvalue weighted by Crippen LogP contribution is -2.41. The molecule has 0 aliphatic carbocycles. The van der Waals surface area contributed by atoms with Crippen LogP contribution >= 0.6 is 11.3 Å². The molecular formula is C21H22N4S. The van der Waals surface area contributed by atoms with E-state index in [1.54, 1.807) is 0 Å². The monoisotopic (exact) mass is 362 g/mol. The predicted octanol–water partition coefficient (Wildman–Crippen LogP) is 4.85. The molecule has 2 aromatic carbocycles. The number of H-pyrrole nitrogens is 1. The second-order valence-corrected chi connectivity index (χ2v) is 8.13. The highest BCUT2D eigenvalue weighted by Crippen LogP contribution is 2.24. The number of aromatic amines is 1. The summed E-state index contributed by atoms with van der Waals surface area (Å²) in [6, 6.07) is 16.0. The van der Waals surface area contributed by atoms with Gasteiger partial charge in [-0.1, -0.05) is 6.07 Å². The molecule has 1 fully saturated rings. The second-order valence-electron chi connectivity index (χ2n) is 7.18. The molecule has 1 aliphatic heterocycles. The quantitative estimate of drug-likeness (QED) is 0.545. The van der Waals surface area contributed by atoms with E-state index in [9.17, 15) is 0 Å². The first kappa shape index (κ1) is 15.9. The molecule has 3 heterocycles. The Morgan fingerprint density at radius 2 is 2.15 bits per heavy atom. The van der Waals surface area contributed by atoms with Crippen LogP contribution in [0.1, 0.15) is 18.4 Å². The highest BCUT2D eigenvalue weighted by Gasteiger charge is 2.20. The predicted molar refractivity (Wildman–Crippen MR) is 110 cm³/mol. The number of likely N-dealkylation sites (tertiary alicyclic amines) is 1. The normalized spacial score (nSPS) is 18.5. The van der Waals surface area contributed by atoms with Crippen LogP contribution in [0.5, 0.6) is 0 Å². The van der Waals surface area contributed by atoms with Crippen molar-refractivity contribution in [3.8, 4) is 0 Å². The van der Waals surface area contributed by atoms with Crippen molar-refractivity contribution in [1.29, 1.82) is 0 Å². The summed E-state index contributed by atoms with van der Waals surface area (Å²) < 4.78 is 1.38. The summed E-state index contributed by atoms with van der Waals surface area (Å²) in [5.41, 5.74) is 3.69. The first-order valence-electron chi connectivity index (χ1n) is 9.22. The summed E-state index contributed by atoms with van der Waals surface area (Å²) in [6.45, 7) is 3.30. The third-order valence-corrected chi connectivity index (χ3v) is 6.14. The van der Waals surface area contributed by atoms with Crippen LogP contribution in [-0.4, -0.2) is 34.2 Å². The number of hydrogen-bond donors (Lipinski definition) is 2. The zero-order valence-electron chi connectivity index (χ0n) is 14.6. The van der Waals surface area contributed by atoms with Gasteiger partial charge < -0.3 is 5.32 Å². The van der Waals surface area contributed by atoms with Gasteiger partial charge in [0.15, 0.2) is 0 Å². The van der Waals surface area contributed by atoms with E-state index >= 15 is 0 Å². The number of benzene rings is 2. The topological polar surface area (TPSA) is 44.0 Å². The van der Waals surface area contributed by atoms with E-state index in [2.05, 4.69) is 68.3 Å². The molecule has 2 aromatic heterocycles. The molecule has 5 rings (SSSR count). The summed E-state index contributed by atoms with van der Waals surface area (Å²) in [4.78, 5) is 2.57. The summed E-state index contributed by atoms with van der Waals surface area (Å²) in [5.74, 6) is 0. The Balaban J connectivity index is 1.26. The van der Waals surface area contributed by atoms with Crippen molar-refractivity contribution in [2.75, 3.05) is 18.4 Å². The number of rotatable bonds is 4. The molecule has 1 atom stereocenters. The molecule has 0 saturated carbocycles. The fourth-order valence-electron chi connectivity index (χ4n) is 3.96. The zero-order valence-corrected chi connectivity index (χ0v) is 15.4. The number of nitrogens with zero attached hydrogens (tertiary/aromatic N) is 2. The molecular weight excluding hydrogens is 340 g/mol. The van der Waals surface area contributed by atoms with Gasteiger partial charge in [-0.25, -0.2) is 0 Å². The van der Waals surface area contributed by atoms with Crippen LogP contribution in [0, 0.1) is 0 Å². The molecule has 5 heteroatoms. The number of thiophene rings is 1. The van der Waals surface area contributed by atoms with E-state index in [1.807, 2.05) is 17.5 Å². The van der Waals surface area contributed by atoms with Crippen molar-refractivity contribution in [2.24, 2.45) is 0 Å². The van der Waals surface area contributed by atoms with Crippen LogP contribution in [0.2, 0.25) is 0 Å². The minimum atomic E-state index is 0.498. The van der Waals surface area contributed by atoms with Crippen molar-refractivity contribution in [1.82, 2.24) is 15.1 Å². The van der Waals surface area contributed by atoms with Gasteiger partial charge in [-0.3, -0.25) is 10.00 Å². The minimum absolute atomic E-state index is 0.498. The second kappa shape index (κ2) is 6.74. The average Bonchev–Trinajstić information content (AvgIpc) is 3.30. The van der Waals surface area contributed by atoms with E-state index in [0.717, 1.165) is 24.0 Å². The molecule has 1 saturated heterocycles. The summed E-state index contributed by atoms with van der Waals surface area (Å²) in [7, 11) is 0. The third-order valence-electron chi connectivity index (χ3n) is 5.24. The molecule has 0 radical (unpaired) electrons. The van der Waals surface area contributed by atoms with Gasteiger partial charge in [0, 0.05) is 34.9 Å². The van der Waals surface area contributed by atoms with E-state index < -0.39 is 0 Å². The zero-order chi connectivity index (χ0) is 17.3. The molecule has 4 aromatic rings. The fourth-order valence-corrected chi connectivity index (χ4v) is 4.73. The van der Waals surface area contributed by atoms with E-state index in [0.29, 0.717) is 6.04 Å². The molecule has 0 bridgehead atoms. The third kappa shape index (κ3) is 3.20. The first-order chi connectivity index (χ1) is 12.8. The molecule has 0 spiro atoms. The van der Waals surface area contributed by atoms with Gasteiger partial charge in [-0.15, -0.1) is 11.3 Å². The van der Waals surface area contributed by atoms with Crippen LogP contribution in [0.15, 0.2) is 54.0 Å². The Bertz CT molecular complexity index is 953. The van der Waals surface area contributed by atoms with Crippen LogP contribution < -0.4 is 5.32 Å². The first-order valence-corrected chi connectivity index (χ1v) is 10.1. The molecule has 2 N–H and O–H groups in total. The Morgan fingerprint density at radius 1 is 1.15 bits per heavy atom. The lowest BCUT2D eigenvalue weighted by atomic mass is 10.0. The van der Waals surface area contributed by atoms with Crippen LogP contribution in [0.25, 0.3) is 21.0 Å². The maximum atomic E-state index is 4.11. The van der Waals surface area contributed by atoms with Gasteiger partial charge in [-0.05, 0) is 72.1 Å². The average molecular weight is 363 g/mol. The van der Waals surface area contributed by atoms with Gasteiger partial charge >= 0.3 is 0 Å². The van der Waals surface area contributed by atoms with Crippen LogP contribution in [0.3, 0.4) is 0 Å². The van der Waals surface area contributed by atoms with Gasteiger partial charge in [0.05, 0.1) is 11.7 Å². The highest BCUT2D eigenvalue weighted by atomic mass is 32.1. The van der Waals surface area contributed by atoms with Crippen molar-refractivity contribution in [3.63, 3.8) is 0 Å². The molecule has 132 valence electrons. The highest BCUT2D eigenvalue weighted by molar-refractivity contribution is 7.17. The van der Waals surface area contributed by atoms with Crippen LogP contribution in [0.4, 0.5) is 5.69 Å². The van der Waals surface area contributed by atoms with Gasteiger partial charge in [0.25, 0.3) is 0 Å². The lowest BCUT2D eigenvalue weighted by molar-refractivity contribution is 0.208. The SMILES string of the molecule is c1cc2cc(CN3CCC[C@H](Nc4ccc5[nH]ncc5c4)C3)ccc2s1. The summed E-state index contributed by atoms with van der Waals surface area (Å²) in [5, 5.41) is 15.5. The standard InChI is InChI=1S/C21H22N4S/c1-2-19(23-18-4-5-20-17(11-18)12-22-24-20)14-25(8-1)13-15-3-6-21-16(10-15)7-9-26-21/h3-7,9-12,19,23H,1-2,8,13-14H2,(H,22,24)/t19-/m0/s1. The van der Waals surface area contributed by atoms with E-state index in [1.165, 1.54) is 40.7 Å². The maximum absolute atomic E-state index is 4.11. The van der Waals surface area contributed by atoms with E-state index in [-0.39, 0.29) is 0 Å². The maximum Gasteiger partial charge on any atom is 0.0651 e. The molecule has 0 amide bonds. The fraction of sp³-hybridized carbons (Fsp3) is 0.286. The summed E-state index contributed by atoms with van der Waals surface area (Å²) >= 11 is 1.81. The number of hydrogen-bond acceptors (Lipinski definition) is 4. The Labute approximate surface area is 156 Å². The Morgan fingerprint density at radius 3 is 3.15 bits per heavy atom. The van der Waals surface area contributed by atoms with E-state index in [4.69, 9.17) is 0 Å². The van der Waals surface area contributed by atoms with Gasteiger partial charge in [0.1, 0.15) is 0 Å². The Hall–Kier alpha value is -2.37. The smallest absolute Gasteiger partial charge is 0.0651 e. The van der Waals surface area contributed by atoms with Crippen molar-refractivity contribution < 1.29 is 0 Å². The molecule has 0 unspecified atom stereocenters. The number of fused-ring (bicyclic) bond motifs is 2. The van der Waals surface area contributed by atoms with Gasteiger partial charge in [-0.2, -0.15) is 5.10 Å².